The van der Waals surface area contributed by atoms with E-state index in [-0.39, 0.29) is 5.92 Å². The van der Waals surface area contributed by atoms with E-state index in [2.05, 4.69) is 11.9 Å². The van der Waals surface area contributed by atoms with E-state index in [9.17, 15) is 4.79 Å². The van der Waals surface area contributed by atoms with Crippen molar-refractivity contribution in [3.05, 3.63) is 0 Å². The van der Waals surface area contributed by atoms with Crippen molar-refractivity contribution in [3.63, 3.8) is 0 Å². The molecule has 2 aliphatic rings. The van der Waals surface area contributed by atoms with Crippen molar-refractivity contribution in [2.45, 2.75) is 12.8 Å². The molecule has 1 saturated carbocycles. The van der Waals surface area contributed by atoms with E-state index in [4.69, 9.17) is 5.11 Å². The van der Waals surface area contributed by atoms with Crippen molar-refractivity contribution in [1.29, 1.82) is 0 Å². The maximum absolute atomic E-state index is 10.8. The maximum Gasteiger partial charge on any atom is 0.306 e. The van der Waals surface area contributed by atoms with Crippen molar-refractivity contribution < 1.29 is 9.90 Å². The molecule has 1 aliphatic heterocycles. The van der Waals surface area contributed by atoms with Gasteiger partial charge in [0.2, 0.25) is 0 Å². The van der Waals surface area contributed by atoms with Crippen LogP contribution in [-0.4, -0.2) is 36.1 Å². The topological polar surface area (TPSA) is 40.5 Å². The first-order valence-electron chi connectivity index (χ1n) is 4.60. The lowest BCUT2D eigenvalue weighted by molar-refractivity contribution is -0.143. The number of carboxylic acids is 1. The minimum Gasteiger partial charge on any atom is -0.481 e. The Morgan fingerprint density at radius 3 is 2.83 bits per heavy atom. The molecule has 0 radical (unpaired) electrons. The fourth-order valence-corrected chi connectivity index (χ4v) is 2.79. The first-order valence-corrected chi connectivity index (χ1v) is 4.60. The van der Waals surface area contributed by atoms with Crippen LogP contribution in [0.4, 0.5) is 0 Å². The molecule has 0 spiro atoms. The Labute approximate surface area is 72.4 Å². The van der Waals surface area contributed by atoms with Crippen LogP contribution in [-0.2, 0) is 4.79 Å². The van der Waals surface area contributed by atoms with E-state index >= 15 is 0 Å². The average Bonchev–Trinajstić information content (AvgIpc) is 2.43. The lowest BCUT2D eigenvalue weighted by atomic mass is 9.93. The number of fused-ring (bicyclic) bond motifs is 1. The molecule has 1 aliphatic carbocycles. The van der Waals surface area contributed by atoms with Crippen LogP contribution in [0.15, 0.2) is 0 Å². The van der Waals surface area contributed by atoms with Crippen LogP contribution in [0.1, 0.15) is 12.8 Å². The maximum atomic E-state index is 10.8. The molecule has 3 nitrogen and oxygen atoms in total. The highest BCUT2D eigenvalue weighted by atomic mass is 16.4. The average molecular weight is 169 g/mol. The van der Waals surface area contributed by atoms with Gasteiger partial charge in [0.1, 0.15) is 0 Å². The Bertz CT molecular complexity index is 205. The number of aliphatic carboxylic acids is 1. The number of carboxylic acid groups (broad SMARTS) is 1. The first kappa shape index (κ1) is 8.05. The smallest absolute Gasteiger partial charge is 0.306 e. The zero-order valence-electron chi connectivity index (χ0n) is 7.36. The third kappa shape index (κ3) is 1.12. The Morgan fingerprint density at radius 2 is 2.17 bits per heavy atom. The summed E-state index contributed by atoms with van der Waals surface area (Å²) in [5.41, 5.74) is 0. The molecule has 1 heterocycles. The highest BCUT2D eigenvalue weighted by Gasteiger charge is 2.44. The second-order valence-corrected chi connectivity index (χ2v) is 4.17. The van der Waals surface area contributed by atoms with Crippen LogP contribution in [0.2, 0.25) is 0 Å². The van der Waals surface area contributed by atoms with Gasteiger partial charge in [-0.2, -0.15) is 0 Å². The predicted molar refractivity (Wildman–Crippen MR) is 44.8 cm³/mol. The van der Waals surface area contributed by atoms with Crippen LogP contribution in [0.3, 0.4) is 0 Å². The number of likely N-dealkylation sites (tertiary alicyclic amines) is 1. The zero-order chi connectivity index (χ0) is 8.72. The third-order valence-electron chi connectivity index (χ3n) is 3.36. The number of rotatable bonds is 1. The van der Waals surface area contributed by atoms with Crippen molar-refractivity contribution in [2.24, 2.45) is 17.8 Å². The van der Waals surface area contributed by atoms with Gasteiger partial charge in [0.05, 0.1) is 5.92 Å². The van der Waals surface area contributed by atoms with Gasteiger partial charge in [0.15, 0.2) is 0 Å². The normalized spacial score (nSPS) is 41.6. The summed E-state index contributed by atoms with van der Waals surface area (Å²) in [6.07, 6.45) is 2.02. The van der Waals surface area contributed by atoms with E-state index in [0.29, 0.717) is 11.8 Å². The number of nitrogens with zero attached hydrogens (tertiary/aromatic N) is 1. The summed E-state index contributed by atoms with van der Waals surface area (Å²) in [6, 6.07) is 0. The number of carbonyl (C=O) groups is 1. The SMILES string of the molecule is CN1CC2CCC(C(=O)O)C2C1. The minimum atomic E-state index is -0.585. The molecule has 0 amide bonds. The molecule has 3 unspecified atom stereocenters. The Balaban J connectivity index is 2.08. The van der Waals surface area contributed by atoms with Crippen molar-refractivity contribution in [2.75, 3.05) is 20.1 Å². The van der Waals surface area contributed by atoms with Gasteiger partial charge >= 0.3 is 5.97 Å². The first-order chi connectivity index (χ1) is 5.68. The van der Waals surface area contributed by atoms with Crippen LogP contribution >= 0.6 is 0 Å². The van der Waals surface area contributed by atoms with Gasteiger partial charge in [-0.15, -0.1) is 0 Å². The second kappa shape index (κ2) is 2.73. The highest BCUT2D eigenvalue weighted by molar-refractivity contribution is 5.71. The van der Waals surface area contributed by atoms with Crippen LogP contribution in [0, 0.1) is 17.8 Å². The molecule has 2 fully saturated rings. The van der Waals surface area contributed by atoms with E-state index in [0.717, 1.165) is 25.9 Å². The number of hydrogen-bond donors (Lipinski definition) is 1. The minimum absolute atomic E-state index is 0.0556. The zero-order valence-corrected chi connectivity index (χ0v) is 7.36. The van der Waals surface area contributed by atoms with E-state index in [1.807, 2.05) is 0 Å². The van der Waals surface area contributed by atoms with Crippen molar-refractivity contribution in [1.82, 2.24) is 4.90 Å². The Morgan fingerprint density at radius 1 is 1.42 bits per heavy atom. The largest absolute Gasteiger partial charge is 0.481 e. The molecular formula is C9H15NO2. The summed E-state index contributed by atoms with van der Waals surface area (Å²) >= 11 is 0. The molecule has 3 atom stereocenters. The molecule has 1 saturated heterocycles. The van der Waals surface area contributed by atoms with E-state index < -0.39 is 5.97 Å². The molecule has 0 aromatic carbocycles. The fourth-order valence-electron chi connectivity index (χ4n) is 2.79. The monoisotopic (exact) mass is 169 g/mol. The molecule has 12 heavy (non-hydrogen) atoms. The fraction of sp³-hybridized carbons (Fsp3) is 0.889. The standard InChI is InChI=1S/C9H15NO2/c1-10-4-6-2-3-7(9(11)12)8(6)5-10/h6-8H,2-5H2,1H3,(H,11,12). The molecular weight excluding hydrogens is 154 g/mol. The number of hydrogen-bond acceptors (Lipinski definition) is 2. The van der Waals surface area contributed by atoms with Gasteiger partial charge < -0.3 is 10.0 Å². The van der Waals surface area contributed by atoms with Gasteiger partial charge in [-0.05, 0) is 31.7 Å². The van der Waals surface area contributed by atoms with Gasteiger partial charge in [-0.3, -0.25) is 4.79 Å². The van der Waals surface area contributed by atoms with Crippen LogP contribution in [0.25, 0.3) is 0 Å². The molecule has 3 heteroatoms. The van der Waals surface area contributed by atoms with E-state index in [1.54, 1.807) is 0 Å². The summed E-state index contributed by atoms with van der Waals surface area (Å²) in [5.74, 6) is 0.460. The molecule has 2 rings (SSSR count). The molecule has 0 bridgehead atoms. The summed E-state index contributed by atoms with van der Waals surface area (Å²) in [4.78, 5) is 13.1. The summed E-state index contributed by atoms with van der Waals surface area (Å²) in [6.45, 7) is 2.09. The van der Waals surface area contributed by atoms with E-state index in [1.165, 1.54) is 0 Å². The second-order valence-electron chi connectivity index (χ2n) is 4.17. The lowest BCUT2D eigenvalue weighted by Gasteiger charge is -2.13. The van der Waals surface area contributed by atoms with Gasteiger partial charge in [-0.25, -0.2) is 0 Å². The predicted octanol–water partition coefficient (Wildman–Crippen LogP) is 0.659. The van der Waals surface area contributed by atoms with Crippen molar-refractivity contribution >= 4 is 5.97 Å². The van der Waals surface area contributed by atoms with Crippen LogP contribution < -0.4 is 0 Å². The van der Waals surface area contributed by atoms with Crippen molar-refractivity contribution in [3.8, 4) is 0 Å². The molecule has 0 aromatic heterocycles. The summed E-state index contributed by atoms with van der Waals surface area (Å²) < 4.78 is 0. The summed E-state index contributed by atoms with van der Waals surface area (Å²) in [7, 11) is 2.08. The molecule has 0 aromatic rings. The molecule has 68 valence electrons. The molecule has 1 N–H and O–H groups in total. The summed E-state index contributed by atoms with van der Waals surface area (Å²) in [5, 5.41) is 8.93. The lowest BCUT2D eigenvalue weighted by Crippen LogP contribution is -2.23. The van der Waals surface area contributed by atoms with Crippen LogP contribution in [0.5, 0.6) is 0 Å². The van der Waals surface area contributed by atoms with Gasteiger partial charge in [-0.1, -0.05) is 0 Å². The Kier molecular flexibility index (Phi) is 1.83. The highest BCUT2D eigenvalue weighted by Crippen LogP contribution is 2.41. The quantitative estimate of drug-likeness (QED) is 0.627. The Hall–Kier alpha value is -0.570. The van der Waals surface area contributed by atoms with Gasteiger partial charge in [0.25, 0.3) is 0 Å². The van der Waals surface area contributed by atoms with Gasteiger partial charge in [0, 0.05) is 13.1 Å². The third-order valence-corrected chi connectivity index (χ3v) is 3.36.